The zero-order chi connectivity index (χ0) is 11.5. The Morgan fingerprint density at radius 3 is 2.44 bits per heavy atom. The van der Waals surface area contributed by atoms with Crippen LogP contribution in [0.3, 0.4) is 0 Å². The lowest BCUT2D eigenvalue weighted by Gasteiger charge is -1.95. The van der Waals surface area contributed by atoms with Crippen LogP contribution in [0.25, 0.3) is 0 Å². The van der Waals surface area contributed by atoms with Gasteiger partial charge < -0.3 is 4.57 Å². The quantitative estimate of drug-likeness (QED) is 0.676. The largest absolute Gasteiger partial charge is 0.324 e. The summed E-state index contributed by atoms with van der Waals surface area (Å²) in [6, 6.07) is 9.92. The monoisotopic (exact) mass is 274 g/mol. The SMILES string of the molecule is Cc1nc(Br)c(C#Cc2ccccc2)n1C. The molecule has 0 aliphatic rings. The first-order chi connectivity index (χ1) is 7.68. The molecule has 1 aromatic heterocycles. The van der Waals surface area contributed by atoms with E-state index in [1.54, 1.807) is 0 Å². The van der Waals surface area contributed by atoms with Crippen molar-refractivity contribution in [2.45, 2.75) is 6.92 Å². The second kappa shape index (κ2) is 4.54. The number of halogens is 1. The van der Waals surface area contributed by atoms with Crippen molar-refractivity contribution in [1.82, 2.24) is 9.55 Å². The molecular formula is C13H11BrN2. The summed E-state index contributed by atoms with van der Waals surface area (Å²) >= 11 is 3.41. The van der Waals surface area contributed by atoms with Crippen LogP contribution in [0.4, 0.5) is 0 Å². The first-order valence-corrected chi connectivity index (χ1v) is 5.73. The maximum Gasteiger partial charge on any atom is 0.140 e. The van der Waals surface area contributed by atoms with Gasteiger partial charge in [0, 0.05) is 12.6 Å². The van der Waals surface area contributed by atoms with Gasteiger partial charge in [-0.25, -0.2) is 4.98 Å². The van der Waals surface area contributed by atoms with Gasteiger partial charge in [-0.3, -0.25) is 0 Å². The van der Waals surface area contributed by atoms with E-state index in [-0.39, 0.29) is 0 Å². The number of imidazole rings is 1. The third kappa shape index (κ3) is 2.17. The zero-order valence-electron chi connectivity index (χ0n) is 9.16. The first kappa shape index (κ1) is 11.0. The summed E-state index contributed by atoms with van der Waals surface area (Å²) in [7, 11) is 1.96. The second-order valence-electron chi connectivity index (χ2n) is 3.47. The molecule has 2 nitrogen and oxygen atoms in total. The molecule has 2 rings (SSSR count). The van der Waals surface area contributed by atoms with E-state index in [2.05, 4.69) is 32.8 Å². The minimum Gasteiger partial charge on any atom is -0.324 e. The molecule has 80 valence electrons. The van der Waals surface area contributed by atoms with Gasteiger partial charge in [-0.15, -0.1) is 0 Å². The Kier molecular flexibility index (Phi) is 3.12. The number of rotatable bonds is 0. The van der Waals surface area contributed by atoms with E-state index in [1.165, 1.54) is 0 Å². The van der Waals surface area contributed by atoms with Gasteiger partial charge in [0.2, 0.25) is 0 Å². The Bertz CT molecular complexity index is 559. The normalized spacial score (nSPS) is 9.69. The molecule has 3 heteroatoms. The number of hydrogen-bond donors (Lipinski definition) is 0. The third-order valence-electron chi connectivity index (χ3n) is 2.38. The molecular weight excluding hydrogens is 264 g/mol. The van der Waals surface area contributed by atoms with Crippen LogP contribution < -0.4 is 0 Å². The van der Waals surface area contributed by atoms with Crippen molar-refractivity contribution in [3.05, 3.63) is 52.0 Å². The molecule has 1 heterocycles. The maximum atomic E-state index is 4.30. The summed E-state index contributed by atoms with van der Waals surface area (Å²) in [5, 5.41) is 0. The van der Waals surface area contributed by atoms with Crippen molar-refractivity contribution in [3.8, 4) is 11.8 Å². The molecule has 0 atom stereocenters. The summed E-state index contributed by atoms with van der Waals surface area (Å²) in [5.74, 6) is 7.19. The average molecular weight is 275 g/mol. The van der Waals surface area contributed by atoms with E-state index < -0.39 is 0 Å². The fourth-order valence-corrected chi connectivity index (χ4v) is 1.98. The van der Waals surface area contributed by atoms with Gasteiger partial charge in [0.15, 0.2) is 0 Å². The van der Waals surface area contributed by atoms with Crippen molar-refractivity contribution >= 4 is 15.9 Å². The van der Waals surface area contributed by atoms with Gasteiger partial charge in [-0.2, -0.15) is 0 Å². The van der Waals surface area contributed by atoms with Crippen molar-refractivity contribution in [3.63, 3.8) is 0 Å². The molecule has 2 aromatic rings. The van der Waals surface area contributed by atoms with E-state index in [1.807, 2.05) is 48.9 Å². The lowest BCUT2D eigenvalue weighted by atomic mass is 10.2. The highest BCUT2D eigenvalue weighted by Crippen LogP contribution is 2.15. The number of aryl methyl sites for hydroxylation is 1. The Labute approximate surface area is 103 Å². The smallest absolute Gasteiger partial charge is 0.140 e. The predicted molar refractivity (Wildman–Crippen MR) is 68.1 cm³/mol. The summed E-state index contributed by atoms with van der Waals surface area (Å²) in [6.07, 6.45) is 0. The lowest BCUT2D eigenvalue weighted by Crippen LogP contribution is -1.94. The molecule has 0 spiro atoms. The molecule has 0 aliphatic carbocycles. The van der Waals surface area contributed by atoms with Crippen LogP contribution in [0.2, 0.25) is 0 Å². The van der Waals surface area contributed by atoms with Crippen LogP contribution in [0.15, 0.2) is 34.9 Å². The van der Waals surface area contributed by atoms with Gasteiger partial charge in [0.25, 0.3) is 0 Å². The number of benzene rings is 1. The fraction of sp³-hybridized carbons (Fsp3) is 0.154. The summed E-state index contributed by atoms with van der Waals surface area (Å²) < 4.78 is 2.77. The van der Waals surface area contributed by atoms with Crippen LogP contribution in [0, 0.1) is 18.8 Å². The van der Waals surface area contributed by atoms with Gasteiger partial charge >= 0.3 is 0 Å². The minimum atomic E-state index is 0.802. The topological polar surface area (TPSA) is 17.8 Å². The van der Waals surface area contributed by atoms with E-state index in [0.29, 0.717) is 0 Å². The van der Waals surface area contributed by atoms with Crippen LogP contribution >= 0.6 is 15.9 Å². The second-order valence-corrected chi connectivity index (χ2v) is 4.22. The molecule has 1 aromatic carbocycles. The van der Waals surface area contributed by atoms with E-state index in [0.717, 1.165) is 21.7 Å². The van der Waals surface area contributed by atoms with E-state index in [4.69, 9.17) is 0 Å². The van der Waals surface area contributed by atoms with Crippen LogP contribution in [-0.2, 0) is 7.05 Å². The molecule has 0 fully saturated rings. The highest BCUT2D eigenvalue weighted by molar-refractivity contribution is 9.10. The Balaban J connectivity index is 2.38. The standard InChI is InChI=1S/C13H11BrN2/c1-10-15-13(14)12(16(10)2)9-8-11-6-4-3-5-7-11/h3-7H,1-2H3. The summed E-state index contributed by atoms with van der Waals surface area (Å²) in [4.78, 5) is 4.30. The Hall–Kier alpha value is -1.53. The summed E-state index contributed by atoms with van der Waals surface area (Å²) in [6.45, 7) is 1.96. The molecule has 0 radical (unpaired) electrons. The van der Waals surface area contributed by atoms with Crippen molar-refractivity contribution in [1.29, 1.82) is 0 Å². The van der Waals surface area contributed by atoms with Crippen molar-refractivity contribution in [2.75, 3.05) is 0 Å². The molecule has 0 bridgehead atoms. The fourth-order valence-electron chi connectivity index (χ4n) is 1.36. The highest BCUT2D eigenvalue weighted by atomic mass is 79.9. The lowest BCUT2D eigenvalue weighted by molar-refractivity contribution is 0.847. The molecule has 0 saturated heterocycles. The summed E-state index contributed by atoms with van der Waals surface area (Å²) in [5.41, 5.74) is 1.91. The van der Waals surface area contributed by atoms with Crippen molar-refractivity contribution in [2.24, 2.45) is 7.05 Å². The highest BCUT2D eigenvalue weighted by Gasteiger charge is 2.06. The molecule has 0 saturated carbocycles. The Morgan fingerprint density at radius 1 is 1.19 bits per heavy atom. The van der Waals surface area contributed by atoms with Crippen molar-refractivity contribution < 1.29 is 0 Å². The van der Waals surface area contributed by atoms with Gasteiger partial charge in [0.1, 0.15) is 16.1 Å². The number of hydrogen-bond acceptors (Lipinski definition) is 1. The van der Waals surface area contributed by atoms with Crippen LogP contribution in [0.1, 0.15) is 17.1 Å². The molecule has 0 aliphatic heterocycles. The third-order valence-corrected chi connectivity index (χ3v) is 2.93. The zero-order valence-corrected chi connectivity index (χ0v) is 10.7. The molecule has 0 unspecified atom stereocenters. The molecule has 0 amide bonds. The molecule has 16 heavy (non-hydrogen) atoms. The molecule has 0 N–H and O–H groups in total. The van der Waals surface area contributed by atoms with E-state index >= 15 is 0 Å². The van der Waals surface area contributed by atoms with Gasteiger partial charge in [-0.05, 0) is 40.9 Å². The maximum absolute atomic E-state index is 4.30. The number of nitrogens with zero attached hydrogens (tertiary/aromatic N) is 2. The van der Waals surface area contributed by atoms with Crippen LogP contribution in [-0.4, -0.2) is 9.55 Å². The minimum absolute atomic E-state index is 0.802. The van der Waals surface area contributed by atoms with E-state index in [9.17, 15) is 0 Å². The van der Waals surface area contributed by atoms with Crippen LogP contribution in [0.5, 0.6) is 0 Å². The van der Waals surface area contributed by atoms with Gasteiger partial charge in [0.05, 0.1) is 0 Å². The first-order valence-electron chi connectivity index (χ1n) is 4.94. The number of aromatic nitrogens is 2. The average Bonchev–Trinajstić information content (AvgIpc) is 2.53. The van der Waals surface area contributed by atoms with Gasteiger partial charge in [-0.1, -0.05) is 24.1 Å². The Morgan fingerprint density at radius 2 is 1.88 bits per heavy atom. The predicted octanol–water partition coefficient (Wildman–Crippen LogP) is 2.89.